The number of hydrogen-bond donors (Lipinski definition) is 0. The third kappa shape index (κ3) is 2.81. The molecule has 0 saturated heterocycles. The molecule has 0 unspecified atom stereocenters. The van der Waals surface area contributed by atoms with Crippen LogP contribution in [0.4, 0.5) is 0 Å². The Bertz CT molecular complexity index is 1460. The molecule has 5 aromatic rings. The van der Waals surface area contributed by atoms with Gasteiger partial charge in [-0.15, -0.1) is 0 Å². The Morgan fingerprint density at radius 3 is 2.35 bits per heavy atom. The lowest BCUT2D eigenvalue weighted by Gasteiger charge is -2.12. The zero-order valence-corrected chi connectivity index (χ0v) is 17.9. The molecule has 1 nitrogen and oxygen atoms in total. The van der Waals surface area contributed by atoms with Gasteiger partial charge < -0.3 is 0 Å². The molecule has 31 heavy (non-hydrogen) atoms. The summed E-state index contributed by atoms with van der Waals surface area (Å²) in [4.78, 5) is 0. The SMILES string of the molecule is Cc1c(-c2cc(-c3ccccc3)cc[n+]2C)ccc2c1Cc1ccc3ccccc3c1-2. The van der Waals surface area contributed by atoms with Crippen molar-refractivity contribution in [1.82, 2.24) is 0 Å². The molecule has 1 heterocycles. The Kier molecular flexibility index (Phi) is 4.04. The molecular weight excluding hydrogens is 374 g/mol. The largest absolute Gasteiger partial charge is 0.213 e. The average Bonchev–Trinajstić information content (AvgIpc) is 3.21. The van der Waals surface area contributed by atoms with E-state index < -0.39 is 0 Å². The van der Waals surface area contributed by atoms with Crippen molar-refractivity contribution in [2.45, 2.75) is 13.3 Å². The normalized spacial score (nSPS) is 12.1. The summed E-state index contributed by atoms with van der Waals surface area (Å²) in [5, 5.41) is 2.68. The molecule has 0 spiro atoms. The average molecular weight is 399 g/mol. The van der Waals surface area contributed by atoms with Gasteiger partial charge in [-0.3, -0.25) is 0 Å². The molecule has 0 fully saturated rings. The third-order valence-electron chi connectivity index (χ3n) is 6.78. The summed E-state index contributed by atoms with van der Waals surface area (Å²) < 4.78 is 2.23. The summed E-state index contributed by atoms with van der Waals surface area (Å²) in [7, 11) is 2.14. The third-order valence-corrected chi connectivity index (χ3v) is 6.78. The quantitative estimate of drug-likeness (QED) is 0.280. The van der Waals surface area contributed by atoms with Crippen LogP contribution in [0.5, 0.6) is 0 Å². The van der Waals surface area contributed by atoms with E-state index in [1.54, 1.807) is 0 Å². The maximum Gasteiger partial charge on any atom is 0.213 e. The summed E-state index contributed by atoms with van der Waals surface area (Å²) in [5.74, 6) is 0. The molecule has 0 radical (unpaired) electrons. The van der Waals surface area contributed by atoms with Gasteiger partial charge in [-0.25, -0.2) is 4.57 Å². The minimum absolute atomic E-state index is 1.01. The van der Waals surface area contributed by atoms with Gasteiger partial charge in [0.05, 0.1) is 0 Å². The molecule has 0 N–H and O–H groups in total. The Labute approximate surface area is 183 Å². The van der Waals surface area contributed by atoms with Crippen LogP contribution in [-0.2, 0) is 13.5 Å². The molecule has 1 aromatic heterocycles. The predicted octanol–water partition coefficient (Wildman–Crippen LogP) is 6.88. The maximum absolute atomic E-state index is 2.34. The number of aryl methyl sites for hydroxylation is 1. The maximum atomic E-state index is 2.34. The van der Waals surface area contributed by atoms with E-state index in [0.717, 1.165) is 6.42 Å². The van der Waals surface area contributed by atoms with Crippen LogP contribution in [0.1, 0.15) is 16.7 Å². The van der Waals surface area contributed by atoms with E-state index in [1.165, 1.54) is 61.0 Å². The van der Waals surface area contributed by atoms with Gasteiger partial charge in [0, 0.05) is 17.7 Å². The molecular formula is C30H24N+. The first kappa shape index (κ1) is 18.1. The van der Waals surface area contributed by atoms with Crippen LogP contribution in [0, 0.1) is 6.92 Å². The highest BCUT2D eigenvalue weighted by Crippen LogP contribution is 2.44. The number of fused-ring (bicyclic) bond motifs is 5. The van der Waals surface area contributed by atoms with Crippen molar-refractivity contribution in [3.8, 4) is 33.5 Å². The van der Waals surface area contributed by atoms with Crippen LogP contribution in [0.2, 0.25) is 0 Å². The molecule has 0 aliphatic heterocycles. The monoisotopic (exact) mass is 398 g/mol. The lowest BCUT2D eigenvalue weighted by Crippen LogP contribution is -2.30. The molecule has 6 rings (SSSR count). The second kappa shape index (κ2) is 6.92. The Morgan fingerprint density at radius 2 is 1.48 bits per heavy atom. The smallest absolute Gasteiger partial charge is 0.201 e. The van der Waals surface area contributed by atoms with Crippen LogP contribution in [0.15, 0.2) is 97.2 Å². The van der Waals surface area contributed by atoms with E-state index >= 15 is 0 Å². The van der Waals surface area contributed by atoms with Crippen molar-refractivity contribution in [2.24, 2.45) is 7.05 Å². The van der Waals surface area contributed by atoms with Crippen molar-refractivity contribution >= 4 is 10.8 Å². The van der Waals surface area contributed by atoms with Crippen molar-refractivity contribution in [1.29, 1.82) is 0 Å². The Hall–Kier alpha value is -3.71. The van der Waals surface area contributed by atoms with Crippen LogP contribution in [-0.4, -0.2) is 0 Å². The summed E-state index contributed by atoms with van der Waals surface area (Å²) in [6, 6.07) is 33.1. The highest BCUT2D eigenvalue weighted by Gasteiger charge is 2.25. The van der Waals surface area contributed by atoms with Gasteiger partial charge in [-0.1, -0.05) is 72.8 Å². The van der Waals surface area contributed by atoms with E-state index in [4.69, 9.17) is 0 Å². The van der Waals surface area contributed by atoms with Gasteiger partial charge in [-0.2, -0.15) is 0 Å². The first-order valence-electron chi connectivity index (χ1n) is 10.9. The second-order valence-corrected chi connectivity index (χ2v) is 8.54. The van der Waals surface area contributed by atoms with Gasteiger partial charge in [0.15, 0.2) is 6.20 Å². The lowest BCUT2D eigenvalue weighted by atomic mass is 9.93. The van der Waals surface area contributed by atoms with E-state index in [0.29, 0.717) is 0 Å². The number of benzene rings is 4. The van der Waals surface area contributed by atoms with Crippen molar-refractivity contribution in [3.05, 3.63) is 114 Å². The van der Waals surface area contributed by atoms with Gasteiger partial charge in [-0.05, 0) is 69.1 Å². The molecule has 1 aliphatic carbocycles. The van der Waals surface area contributed by atoms with Crippen molar-refractivity contribution in [2.75, 3.05) is 0 Å². The minimum Gasteiger partial charge on any atom is -0.201 e. The van der Waals surface area contributed by atoms with Crippen molar-refractivity contribution < 1.29 is 4.57 Å². The summed E-state index contributed by atoms with van der Waals surface area (Å²) in [6.45, 7) is 2.29. The fraction of sp³-hybridized carbons (Fsp3) is 0.100. The number of nitrogens with zero attached hydrogens (tertiary/aromatic N) is 1. The molecule has 0 amide bonds. The van der Waals surface area contributed by atoms with Crippen LogP contribution >= 0.6 is 0 Å². The van der Waals surface area contributed by atoms with E-state index in [1.807, 2.05) is 0 Å². The van der Waals surface area contributed by atoms with E-state index in [9.17, 15) is 0 Å². The number of hydrogen-bond acceptors (Lipinski definition) is 0. The highest BCUT2D eigenvalue weighted by molar-refractivity contribution is 6.01. The van der Waals surface area contributed by atoms with Gasteiger partial charge in [0.2, 0.25) is 5.69 Å². The molecule has 0 saturated carbocycles. The van der Waals surface area contributed by atoms with Gasteiger partial charge >= 0.3 is 0 Å². The molecule has 148 valence electrons. The molecule has 0 bridgehead atoms. The fourth-order valence-electron chi connectivity index (χ4n) is 5.12. The Balaban J connectivity index is 1.52. The van der Waals surface area contributed by atoms with Gasteiger partial charge in [0.25, 0.3) is 0 Å². The zero-order chi connectivity index (χ0) is 20.9. The lowest BCUT2D eigenvalue weighted by molar-refractivity contribution is -0.660. The zero-order valence-electron chi connectivity index (χ0n) is 17.9. The highest BCUT2D eigenvalue weighted by atomic mass is 14.9. The minimum atomic E-state index is 1.01. The predicted molar refractivity (Wildman–Crippen MR) is 129 cm³/mol. The summed E-state index contributed by atoms with van der Waals surface area (Å²) in [5.41, 5.74) is 12.2. The first-order valence-corrected chi connectivity index (χ1v) is 10.9. The fourth-order valence-corrected chi connectivity index (χ4v) is 5.12. The Morgan fingerprint density at radius 1 is 0.710 bits per heavy atom. The van der Waals surface area contributed by atoms with Crippen LogP contribution in [0.3, 0.4) is 0 Å². The number of pyridine rings is 1. The van der Waals surface area contributed by atoms with Crippen molar-refractivity contribution in [3.63, 3.8) is 0 Å². The summed E-state index contributed by atoms with van der Waals surface area (Å²) in [6.07, 6.45) is 3.18. The molecule has 0 atom stereocenters. The molecule has 4 aromatic carbocycles. The first-order chi connectivity index (χ1) is 15.2. The number of aromatic nitrogens is 1. The topological polar surface area (TPSA) is 3.88 Å². The van der Waals surface area contributed by atoms with Gasteiger partial charge in [0.1, 0.15) is 7.05 Å². The molecule has 1 aliphatic rings. The van der Waals surface area contributed by atoms with E-state index in [-0.39, 0.29) is 0 Å². The standard InChI is InChI=1S/C30H24N/c1-20-25(29-19-23(16-17-31(29)2)21-8-4-3-5-9-21)14-15-27-28(20)18-24-13-12-22-10-6-7-11-26(22)30(24)27/h3-17,19H,18H2,1-2H3/q+1. The summed E-state index contributed by atoms with van der Waals surface area (Å²) >= 11 is 0. The number of rotatable bonds is 2. The second-order valence-electron chi connectivity index (χ2n) is 8.54. The molecule has 1 heteroatoms. The van der Waals surface area contributed by atoms with Crippen LogP contribution < -0.4 is 4.57 Å². The van der Waals surface area contributed by atoms with E-state index in [2.05, 4.69) is 116 Å². The van der Waals surface area contributed by atoms with Crippen LogP contribution in [0.25, 0.3) is 44.3 Å².